The van der Waals surface area contributed by atoms with Crippen LogP contribution in [-0.2, 0) is 0 Å². The fourth-order valence-electron chi connectivity index (χ4n) is 1.20. The molecule has 1 aromatic heterocycles. The Hall–Kier alpha value is -1.57. The second-order valence-electron chi connectivity index (χ2n) is 3.15. The Bertz CT molecular complexity index is 595. The third-order valence-corrected chi connectivity index (χ3v) is 2.74. The molecule has 0 N–H and O–H groups in total. The quantitative estimate of drug-likeness (QED) is 0.836. The van der Waals surface area contributed by atoms with Gasteiger partial charge in [0.15, 0.2) is 0 Å². The van der Waals surface area contributed by atoms with Gasteiger partial charge in [-0.3, -0.25) is 0 Å². The molecular weight excluding hydrogens is 304 g/mol. The minimum Gasteiger partial charge on any atom is -0.437 e. The van der Waals surface area contributed by atoms with Gasteiger partial charge in [0, 0.05) is 10.5 Å². The summed E-state index contributed by atoms with van der Waals surface area (Å²) in [6.45, 7) is 0. The van der Waals surface area contributed by atoms with E-state index >= 15 is 0 Å². The van der Waals surface area contributed by atoms with Gasteiger partial charge in [0.1, 0.15) is 17.5 Å². The minimum absolute atomic E-state index is 0.302. The molecule has 5 heteroatoms. The van der Waals surface area contributed by atoms with E-state index in [9.17, 15) is 0 Å². The summed E-state index contributed by atoms with van der Waals surface area (Å²) in [5.41, 5.74) is 0.302. The van der Waals surface area contributed by atoms with E-state index in [1.54, 1.807) is 30.3 Å². The summed E-state index contributed by atoms with van der Waals surface area (Å²) < 4.78 is 6.36. The summed E-state index contributed by atoms with van der Waals surface area (Å²) in [6.07, 6.45) is 0. The summed E-state index contributed by atoms with van der Waals surface area (Å²) in [6, 6.07) is 12.2. The average Bonchev–Trinajstić information content (AvgIpc) is 2.33. The van der Waals surface area contributed by atoms with Crippen LogP contribution in [0.5, 0.6) is 11.6 Å². The molecule has 0 saturated carbocycles. The van der Waals surface area contributed by atoms with Crippen molar-refractivity contribution in [2.24, 2.45) is 0 Å². The zero-order valence-corrected chi connectivity index (χ0v) is 10.9. The van der Waals surface area contributed by atoms with Gasteiger partial charge < -0.3 is 4.74 Å². The number of hydrogen-bond donors (Lipinski definition) is 0. The Morgan fingerprint density at radius 2 is 2.12 bits per heavy atom. The molecule has 0 amide bonds. The van der Waals surface area contributed by atoms with E-state index in [1.165, 1.54) is 0 Å². The molecule has 2 aromatic rings. The van der Waals surface area contributed by atoms with Crippen LogP contribution >= 0.6 is 27.5 Å². The number of nitrogens with zero attached hydrogens (tertiary/aromatic N) is 2. The first-order chi connectivity index (χ1) is 8.19. The van der Waals surface area contributed by atoms with E-state index in [0.717, 1.165) is 4.47 Å². The standard InChI is InChI=1S/C12H6BrClN2O/c13-8-4-5-11(10(14)6-8)17-12-3-1-2-9(7-15)16-12/h1-6H. The molecule has 3 nitrogen and oxygen atoms in total. The lowest BCUT2D eigenvalue weighted by atomic mass is 10.3. The summed E-state index contributed by atoms with van der Waals surface area (Å²) in [5, 5.41) is 9.19. The molecule has 0 aliphatic rings. The molecule has 17 heavy (non-hydrogen) atoms. The van der Waals surface area contributed by atoms with Crippen LogP contribution in [0.4, 0.5) is 0 Å². The summed E-state index contributed by atoms with van der Waals surface area (Å²) >= 11 is 9.31. The van der Waals surface area contributed by atoms with Crippen LogP contribution < -0.4 is 4.74 Å². The second-order valence-corrected chi connectivity index (χ2v) is 4.47. The smallest absolute Gasteiger partial charge is 0.220 e. The lowest BCUT2D eigenvalue weighted by Crippen LogP contribution is -1.90. The third kappa shape index (κ3) is 2.96. The minimum atomic E-state index is 0.302. The molecule has 0 aliphatic carbocycles. The van der Waals surface area contributed by atoms with Gasteiger partial charge in [0.05, 0.1) is 5.02 Å². The van der Waals surface area contributed by atoms with Gasteiger partial charge >= 0.3 is 0 Å². The van der Waals surface area contributed by atoms with Gasteiger partial charge in [-0.05, 0) is 24.3 Å². The molecule has 84 valence electrons. The monoisotopic (exact) mass is 308 g/mol. The predicted molar refractivity (Wildman–Crippen MR) is 68.2 cm³/mol. The molecule has 0 atom stereocenters. The SMILES string of the molecule is N#Cc1cccc(Oc2ccc(Br)cc2Cl)n1. The number of rotatable bonds is 2. The second kappa shape index (κ2) is 5.17. The van der Waals surface area contributed by atoms with E-state index in [0.29, 0.717) is 22.3 Å². The van der Waals surface area contributed by atoms with Crippen LogP contribution in [0.3, 0.4) is 0 Å². The lowest BCUT2D eigenvalue weighted by molar-refractivity contribution is 0.462. The van der Waals surface area contributed by atoms with Crippen molar-refractivity contribution in [2.75, 3.05) is 0 Å². The highest BCUT2D eigenvalue weighted by Crippen LogP contribution is 2.30. The Kier molecular flexibility index (Phi) is 3.62. The highest BCUT2D eigenvalue weighted by atomic mass is 79.9. The molecule has 2 rings (SSSR count). The highest BCUT2D eigenvalue weighted by Gasteiger charge is 2.05. The van der Waals surface area contributed by atoms with Crippen LogP contribution in [0.15, 0.2) is 40.9 Å². The molecule has 0 unspecified atom stereocenters. The van der Waals surface area contributed by atoms with Crippen molar-refractivity contribution in [2.45, 2.75) is 0 Å². The fraction of sp³-hybridized carbons (Fsp3) is 0. The van der Waals surface area contributed by atoms with Crippen LogP contribution in [0.2, 0.25) is 5.02 Å². The average molecular weight is 310 g/mol. The molecule has 0 fully saturated rings. The van der Waals surface area contributed by atoms with Crippen molar-refractivity contribution in [3.63, 3.8) is 0 Å². The zero-order chi connectivity index (χ0) is 12.3. The lowest BCUT2D eigenvalue weighted by Gasteiger charge is -2.06. The first kappa shape index (κ1) is 11.9. The van der Waals surface area contributed by atoms with Crippen molar-refractivity contribution >= 4 is 27.5 Å². The van der Waals surface area contributed by atoms with Gasteiger partial charge in [-0.1, -0.05) is 33.6 Å². The van der Waals surface area contributed by atoms with Gasteiger partial charge in [0.2, 0.25) is 5.88 Å². The fourth-order valence-corrected chi connectivity index (χ4v) is 1.92. The molecule has 0 saturated heterocycles. The normalized spacial score (nSPS) is 9.71. The Balaban J connectivity index is 2.28. The van der Waals surface area contributed by atoms with E-state index < -0.39 is 0 Å². The van der Waals surface area contributed by atoms with Crippen LogP contribution in [-0.4, -0.2) is 4.98 Å². The number of ether oxygens (including phenoxy) is 1. The van der Waals surface area contributed by atoms with Crippen molar-refractivity contribution in [3.8, 4) is 17.7 Å². The van der Waals surface area contributed by atoms with Crippen molar-refractivity contribution < 1.29 is 4.74 Å². The first-order valence-corrected chi connectivity index (χ1v) is 5.86. The number of benzene rings is 1. The number of aromatic nitrogens is 1. The van der Waals surface area contributed by atoms with Crippen molar-refractivity contribution in [3.05, 3.63) is 51.6 Å². The molecule has 0 radical (unpaired) electrons. The van der Waals surface area contributed by atoms with Crippen LogP contribution in [0.25, 0.3) is 0 Å². The summed E-state index contributed by atoms with van der Waals surface area (Å²) in [7, 11) is 0. The van der Waals surface area contributed by atoms with E-state index in [4.69, 9.17) is 21.6 Å². The molecule has 1 heterocycles. The van der Waals surface area contributed by atoms with Crippen molar-refractivity contribution in [1.29, 1.82) is 5.26 Å². The maximum atomic E-state index is 8.72. The van der Waals surface area contributed by atoms with E-state index in [-0.39, 0.29) is 0 Å². The number of hydrogen-bond acceptors (Lipinski definition) is 3. The first-order valence-electron chi connectivity index (χ1n) is 4.69. The largest absolute Gasteiger partial charge is 0.437 e. The molecule has 1 aromatic carbocycles. The molecule has 0 spiro atoms. The zero-order valence-electron chi connectivity index (χ0n) is 8.52. The van der Waals surface area contributed by atoms with E-state index in [2.05, 4.69) is 20.9 Å². The molecule has 0 aliphatic heterocycles. The third-order valence-electron chi connectivity index (χ3n) is 1.95. The van der Waals surface area contributed by atoms with Gasteiger partial charge in [0.25, 0.3) is 0 Å². The maximum absolute atomic E-state index is 8.72. The summed E-state index contributed by atoms with van der Waals surface area (Å²) in [5.74, 6) is 0.839. The van der Waals surface area contributed by atoms with Gasteiger partial charge in [-0.2, -0.15) is 5.26 Å². The number of halogens is 2. The number of pyridine rings is 1. The van der Waals surface area contributed by atoms with Gasteiger partial charge in [-0.15, -0.1) is 0 Å². The molecule has 0 bridgehead atoms. The van der Waals surface area contributed by atoms with E-state index in [1.807, 2.05) is 12.1 Å². The maximum Gasteiger partial charge on any atom is 0.220 e. The summed E-state index contributed by atoms with van der Waals surface area (Å²) in [4.78, 5) is 4.00. The van der Waals surface area contributed by atoms with Crippen LogP contribution in [0.1, 0.15) is 5.69 Å². The van der Waals surface area contributed by atoms with Gasteiger partial charge in [-0.25, -0.2) is 4.98 Å². The molecular formula is C12H6BrClN2O. The number of nitriles is 1. The Morgan fingerprint density at radius 1 is 1.29 bits per heavy atom. The Labute approximate surface area is 112 Å². The highest BCUT2D eigenvalue weighted by molar-refractivity contribution is 9.10. The Morgan fingerprint density at radius 3 is 2.82 bits per heavy atom. The van der Waals surface area contributed by atoms with Crippen LogP contribution in [0, 0.1) is 11.3 Å². The van der Waals surface area contributed by atoms with Crippen molar-refractivity contribution in [1.82, 2.24) is 4.98 Å². The predicted octanol–water partition coefficient (Wildman–Crippen LogP) is 4.16. The topological polar surface area (TPSA) is 45.9 Å².